The van der Waals surface area contributed by atoms with Crippen molar-refractivity contribution < 1.29 is 17.9 Å². The minimum atomic E-state index is -3.89. The lowest BCUT2D eigenvalue weighted by atomic mass is 9.98. The van der Waals surface area contributed by atoms with Crippen molar-refractivity contribution in [3.63, 3.8) is 0 Å². The van der Waals surface area contributed by atoms with Crippen LogP contribution in [0.2, 0.25) is 5.02 Å². The van der Waals surface area contributed by atoms with Crippen LogP contribution in [0.5, 0.6) is 0 Å². The van der Waals surface area contributed by atoms with Gasteiger partial charge in [-0.2, -0.15) is 0 Å². The number of amides is 1. The summed E-state index contributed by atoms with van der Waals surface area (Å²) in [4.78, 5) is 16.6. The molecule has 33 heavy (non-hydrogen) atoms. The number of pyridine rings is 1. The third kappa shape index (κ3) is 5.46. The van der Waals surface area contributed by atoms with Gasteiger partial charge in [-0.3, -0.25) is 9.29 Å². The minimum absolute atomic E-state index is 0.0590. The van der Waals surface area contributed by atoms with E-state index in [-0.39, 0.29) is 11.5 Å². The molecule has 3 aromatic rings. The summed E-state index contributed by atoms with van der Waals surface area (Å²) < 4.78 is 33.9. The second-order valence-electron chi connectivity index (χ2n) is 7.67. The van der Waals surface area contributed by atoms with E-state index in [0.29, 0.717) is 36.5 Å². The molecule has 0 aliphatic carbocycles. The van der Waals surface area contributed by atoms with Gasteiger partial charge in [-0.25, -0.2) is 13.2 Å². The van der Waals surface area contributed by atoms with Gasteiger partial charge in [0.1, 0.15) is 6.61 Å². The van der Waals surface area contributed by atoms with E-state index in [1.165, 1.54) is 16.4 Å². The number of fused-ring (bicyclic) bond motifs is 1. The highest BCUT2D eigenvalue weighted by Gasteiger charge is 2.36. The lowest BCUT2D eigenvalue weighted by Crippen LogP contribution is -2.47. The van der Waals surface area contributed by atoms with E-state index in [1.54, 1.807) is 30.5 Å². The molecule has 1 aromatic heterocycles. The first-order valence-corrected chi connectivity index (χ1v) is 12.5. The van der Waals surface area contributed by atoms with Crippen LogP contribution < -0.4 is 9.62 Å². The Balaban J connectivity index is 1.47. The fourth-order valence-corrected chi connectivity index (χ4v) is 5.66. The smallest absolute Gasteiger partial charge is 0.407 e. The molecule has 0 saturated carbocycles. The number of ether oxygens (including phenoxy) is 1. The zero-order chi connectivity index (χ0) is 23.3. The van der Waals surface area contributed by atoms with E-state index in [9.17, 15) is 13.2 Å². The molecule has 1 atom stereocenters. The van der Waals surface area contributed by atoms with Crippen LogP contribution in [0.25, 0.3) is 0 Å². The van der Waals surface area contributed by atoms with Gasteiger partial charge in [0.15, 0.2) is 0 Å². The van der Waals surface area contributed by atoms with E-state index >= 15 is 0 Å². The van der Waals surface area contributed by atoms with Gasteiger partial charge in [0.25, 0.3) is 10.0 Å². The number of benzene rings is 2. The van der Waals surface area contributed by atoms with Crippen molar-refractivity contribution in [2.24, 2.45) is 0 Å². The molecule has 9 heteroatoms. The molecule has 0 bridgehead atoms. The molecule has 0 spiro atoms. The first-order valence-electron chi connectivity index (χ1n) is 10.6. The van der Waals surface area contributed by atoms with Crippen LogP contribution in [0.3, 0.4) is 0 Å². The number of nitrogens with one attached hydrogen (secondary N) is 1. The molecule has 1 aliphatic heterocycles. The van der Waals surface area contributed by atoms with Gasteiger partial charge < -0.3 is 10.1 Å². The third-order valence-corrected chi connectivity index (χ3v) is 7.59. The largest absolute Gasteiger partial charge is 0.447 e. The van der Waals surface area contributed by atoms with E-state index in [0.717, 1.165) is 11.3 Å². The van der Waals surface area contributed by atoms with E-state index in [1.807, 2.05) is 30.3 Å². The highest BCUT2D eigenvalue weighted by atomic mass is 35.5. The molecule has 7 nitrogen and oxygen atoms in total. The van der Waals surface area contributed by atoms with E-state index in [4.69, 9.17) is 16.3 Å². The zero-order valence-electron chi connectivity index (χ0n) is 17.9. The summed E-state index contributed by atoms with van der Waals surface area (Å²) in [5.41, 5.74) is 2.40. The van der Waals surface area contributed by atoms with E-state index < -0.39 is 22.2 Å². The van der Waals surface area contributed by atoms with Crippen molar-refractivity contribution in [3.05, 3.63) is 89.2 Å². The molecule has 0 radical (unpaired) electrons. The Morgan fingerprint density at radius 2 is 1.85 bits per heavy atom. The summed E-state index contributed by atoms with van der Waals surface area (Å²) in [6.45, 7) is 0.312. The standard InChI is InChI=1S/C24H24ClN3O4S/c25-19-9-12-22(13-10-19)33(30,31)28-21(11-8-18-5-1-2-7-23(18)28)17-32-24(29)27-16-14-20-6-3-4-15-26-20/h1-7,9-10,12-13,15,21H,8,11,14,16-17H2,(H,27,29). The molecule has 2 heterocycles. The summed E-state index contributed by atoms with van der Waals surface area (Å²) in [6, 6.07) is 18.5. The van der Waals surface area contributed by atoms with Crippen LogP contribution in [0.1, 0.15) is 17.7 Å². The lowest BCUT2D eigenvalue weighted by molar-refractivity contribution is 0.138. The molecule has 172 valence electrons. The fraction of sp³-hybridized carbons (Fsp3) is 0.250. The van der Waals surface area contributed by atoms with Gasteiger partial charge in [0.05, 0.1) is 16.6 Å². The summed E-state index contributed by atoms with van der Waals surface area (Å²) >= 11 is 5.95. The summed E-state index contributed by atoms with van der Waals surface area (Å²) in [5.74, 6) is 0. The van der Waals surface area contributed by atoms with Gasteiger partial charge in [-0.15, -0.1) is 0 Å². The number of carbonyl (C=O) groups is 1. The predicted octanol–water partition coefficient (Wildman–Crippen LogP) is 4.21. The number of alkyl carbamates (subject to hydrolysis) is 1. The number of nitrogens with zero attached hydrogens (tertiary/aromatic N) is 2. The maximum absolute atomic E-state index is 13.6. The normalized spacial score (nSPS) is 15.5. The molecular formula is C24H24ClN3O4S. The zero-order valence-corrected chi connectivity index (χ0v) is 19.4. The van der Waals surface area contributed by atoms with Crippen LogP contribution in [-0.2, 0) is 27.6 Å². The Hall–Kier alpha value is -3.10. The molecule has 4 rings (SSSR count). The number of sulfonamides is 1. The molecule has 0 saturated heterocycles. The number of hydrogen-bond donors (Lipinski definition) is 1. The Kier molecular flexibility index (Phi) is 7.15. The van der Waals surface area contributed by atoms with Crippen molar-refractivity contribution in [2.45, 2.75) is 30.2 Å². The van der Waals surface area contributed by atoms with Crippen molar-refractivity contribution in [2.75, 3.05) is 17.5 Å². The van der Waals surface area contributed by atoms with Crippen LogP contribution in [-0.4, -0.2) is 38.7 Å². The first kappa shape index (κ1) is 23.1. The number of carbonyl (C=O) groups excluding carboxylic acids is 1. The lowest BCUT2D eigenvalue weighted by Gasteiger charge is -2.37. The van der Waals surface area contributed by atoms with Gasteiger partial charge in [0, 0.05) is 29.9 Å². The number of aromatic nitrogens is 1. The monoisotopic (exact) mass is 485 g/mol. The Morgan fingerprint density at radius 1 is 1.09 bits per heavy atom. The second-order valence-corrected chi connectivity index (χ2v) is 9.92. The topological polar surface area (TPSA) is 88.6 Å². The predicted molar refractivity (Wildman–Crippen MR) is 127 cm³/mol. The van der Waals surface area contributed by atoms with Gasteiger partial charge >= 0.3 is 6.09 Å². The maximum atomic E-state index is 13.6. The van der Waals surface area contributed by atoms with Crippen molar-refractivity contribution in [3.8, 4) is 0 Å². The SMILES string of the molecule is O=C(NCCc1ccccn1)OCC1CCc2ccccc2N1S(=O)(=O)c1ccc(Cl)cc1. The summed E-state index contributed by atoms with van der Waals surface area (Å²) in [6.07, 6.45) is 2.91. The average Bonchev–Trinajstić information content (AvgIpc) is 2.83. The molecule has 1 amide bonds. The first-order chi connectivity index (χ1) is 15.9. The number of halogens is 1. The van der Waals surface area contributed by atoms with Gasteiger partial charge in [0.2, 0.25) is 0 Å². The number of anilines is 1. The van der Waals surface area contributed by atoms with Crippen LogP contribution in [0.4, 0.5) is 10.5 Å². The Morgan fingerprint density at radius 3 is 2.61 bits per heavy atom. The van der Waals surface area contributed by atoms with Gasteiger partial charge in [-0.1, -0.05) is 35.9 Å². The summed E-state index contributed by atoms with van der Waals surface area (Å²) in [7, 11) is -3.89. The number of rotatable bonds is 7. The highest BCUT2D eigenvalue weighted by Crippen LogP contribution is 2.35. The molecule has 0 fully saturated rings. The highest BCUT2D eigenvalue weighted by molar-refractivity contribution is 7.92. The molecule has 1 aliphatic rings. The van der Waals surface area contributed by atoms with Crippen LogP contribution in [0, 0.1) is 0 Å². The van der Waals surface area contributed by atoms with Crippen molar-refractivity contribution in [1.82, 2.24) is 10.3 Å². The quantitative estimate of drug-likeness (QED) is 0.541. The molecule has 1 unspecified atom stereocenters. The molecule has 2 aromatic carbocycles. The Bertz CT molecular complexity index is 1200. The fourth-order valence-electron chi connectivity index (χ4n) is 3.83. The minimum Gasteiger partial charge on any atom is -0.447 e. The average molecular weight is 486 g/mol. The molecular weight excluding hydrogens is 462 g/mol. The van der Waals surface area contributed by atoms with Crippen LogP contribution in [0.15, 0.2) is 77.8 Å². The van der Waals surface area contributed by atoms with Crippen molar-refractivity contribution >= 4 is 33.4 Å². The number of hydrogen-bond acceptors (Lipinski definition) is 5. The van der Waals surface area contributed by atoms with Crippen molar-refractivity contribution in [1.29, 1.82) is 0 Å². The second kappa shape index (κ2) is 10.2. The number of aryl methyl sites for hydroxylation is 1. The van der Waals surface area contributed by atoms with Crippen LogP contribution >= 0.6 is 11.6 Å². The molecule has 1 N–H and O–H groups in total. The van der Waals surface area contributed by atoms with E-state index in [2.05, 4.69) is 10.3 Å². The summed E-state index contributed by atoms with van der Waals surface area (Å²) in [5, 5.41) is 3.15. The third-order valence-electron chi connectivity index (χ3n) is 5.46. The number of para-hydroxylation sites is 1. The Labute approximate surface area is 198 Å². The van der Waals surface area contributed by atoms with Gasteiger partial charge in [-0.05, 0) is 60.9 Å². The maximum Gasteiger partial charge on any atom is 0.407 e.